The van der Waals surface area contributed by atoms with Gasteiger partial charge in [0.25, 0.3) is 0 Å². The normalized spacial score (nSPS) is 13.7. The van der Waals surface area contributed by atoms with Gasteiger partial charge < -0.3 is 10.1 Å². The van der Waals surface area contributed by atoms with E-state index >= 15 is 0 Å². The van der Waals surface area contributed by atoms with E-state index in [0.29, 0.717) is 10.7 Å². The van der Waals surface area contributed by atoms with Crippen molar-refractivity contribution >= 4 is 11.6 Å². The maximum Gasteiger partial charge on any atom is 0.417 e. The number of hydrogen-bond donors (Lipinski definition) is 1. The molecule has 2 aromatic heterocycles. The first-order valence-electron chi connectivity index (χ1n) is 10.8. The number of pyridine rings is 2. The minimum atomic E-state index is -4.45. The van der Waals surface area contributed by atoms with Crippen molar-refractivity contribution in [1.29, 1.82) is 0 Å². The number of alkyl halides is 3. The van der Waals surface area contributed by atoms with E-state index in [2.05, 4.69) is 21.9 Å². The van der Waals surface area contributed by atoms with Gasteiger partial charge in [-0.25, -0.2) is 4.98 Å². The fraction of sp³-hybridized carbons (Fsp3) is 0.308. The molecule has 0 fully saturated rings. The molecule has 3 aromatic rings. The Labute approximate surface area is 202 Å². The lowest BCUT2D eigenvalue weighted by molar-refractivity contribution is -0.137. The Hall–Kier alpha value is -3.06. The Bertz CT molecular complexity index is 1090. The summed E-state index contributed by atoms with van der Waals surface area (Å²) < 4.78 is 44.3. The van der Waals surface area contributed by atoms with Gasteiger partial charge in [-0.05, 0) is 62.6 Å². The highest BCUT2D eigenvalue weighted by Gasteiger charge is 2.32. The van der Waals surface area contributed by atoms with Crippen LogP contribution < -0.4 is 10.1 Å². The number of aromatic nitrogens is 2. The van der Waals surface area contributed by atoms with E-state index in [4.69, 9.17) is 16.3 Å². The minimum absolute atomic E-state index is 0.0594. The number of rotatable bonds is 9. The second-order valence-electron chi connectivity index (χ2n) is 8.63. The Balaban J connectivity index is 1.73. The number of halogens is 4. The molecule has 2 heterocycles. The van der Waals surface area contributed by atoms with Gasteiger partial charge in [-0.1, -0.05) is 36.4 Å². The van der Waals surface area contributed by atoms with Gasteiger partial charge in [0.1, 0.15) is 5.60 Å². The molecule has 0 aliphatic heterocycles. The highest BCUT2D eigenvalue weighted by Crippen LogP contribution is 2.31. The van der Waals surface area contributed by atoms with Crippen LogP contribution in [-0.4, -0.2) is 21.6 Å². The molecule has 180 valence electrons. The predicted octanol–water partition coefficient (Wildman–Crippen LogP) is 6.82. The third-order valence-electron chi connectivity index (χ3n) is 5.64. The first kappa shape index (κ1) is 25.6. The lowest BCUT2D eigenvalue weighted by Gasteiger charge is -2.34. The Morgan fingerprint density at radius 1 is 1.09 bits per heavy atom. The summed E-state index contributed by atoms with van der Waals surface area (Å²) in [6.07, 6.45) is 0.622. The molecule has 2 atom stereocenters. The summed E-state index contributed by atoms with van der Waals surface area (Å²) in [4.78, 5) is 8.07. The van der Waals surface area contributed by atoms with Crippen LogP contribution in [0.25, 0.3) is 0 Å². The number of nitrogens with zero attached hydrogens (tertiary/aromatic N) is 2. The van der Waals surface area contributed by atoms with Crippen LogP contribution in [0.2, 0.25) is 5.02 Å². The fourth-order valence-electron chi connectivity index (χ4n) is 3.53. The van der Waals surface area contributed by atoms with Crippen molar-refractivity contribution in [2.75, 3.05) is 0 Å². The first-order chi connectivity index (χ1) is 16.0. The number of nitrogens with one attached hydrogen (secondary N) is 1. The van der Waals surface area contributed by atoms with Crippen molar-refractivity contribution in [3.8, 4) is 5.88 Å². The standard InChI is InChI=1S/C26H27ClF3N3O/c1-17(23(20-6-5-13-31-15-20)14-19-7-10-22(27)11-8-19)33-18(2)25(3,4)34-24-12-9-21(16-32-24)26(28,29)30/h5-13,15-17,23,33H,2,14H2,1,3-4H3. The molecule has 0 aliphatic carbocycles. The smallest absolute Gasteiger partial charge is 0.417 e. The van der Waals surface area contributed by atoms with Gasteiger partial charge in [0, 0.05) is 47.3 Å². The van der Waals surface area contributed by atoms with Crippen LogP contribution in [0.5, 0.6) is 5.88 Å². The van der Waals surface area contributed by atoms with Crippen molar-refractivity contribution in [3.63, 3.8) is 0 Å². The molecule has 3 rings (SSSR count). The van der Waals surface area contributed by atoms with Crippen LogP contribution in [-0.2, 0) is 12.6 Å². The van der Waals surface area contributed by atoms with Gasteiger partial charge in [0.2, 0.25) is 5.88 Å². The molecule has 0 saturated heterocycles. The summed E-state index contributed by atoms with van der Waals surface area (Å²) in [7, 11) is 0. The molecular formula is C26H27ClF3N3O. The Morgan fingerprint density at radius 3 is 2.35 bits per heavy atom. The highest BCUT2D eigenvalue weighted by atomic mass is 35.5. The summed E-state index contributed by atoms with van der Waals surface area (Å²) in [5, 5.41) is 4.10. The lowest BCUT2D eigenvalue weighted by Crippen LogP contribution is -2.43. The lowest BCUT2D eigenvalue weighted by atomic mass is 9.87. The SMILES string of the molecule is C=C(NC(C)C(Cc1ccc(Cl)cc1)c1cccnc1)C(C)(C)Oc1ccc(C(F)(F)F)cn1. The topological polar surface area (TPSA) is 47.0 Å². The zero-order valence-corrected chi connectivity index (χ0v) is 20.0. The van der Waals surface area contributed by atoms with E-state index in [1.165, 1.54) is 6.07 Å². The number of benzene rings is 1. The average Bonchev–Trinajstić information content (AvgIpc) is 2.78. The van der Waals surface area contributed by atoms with Gasteiger partial charge >= 0.3 is 6.18 Å². The quantitative estimate of drug-likeness (QED) is 0.358. The van der Waals surface area contributed by atoms with Crippen LogP contribution in [0.3, 0.4) is 0 Å². The molecule has 2 unspecified atom stereocenters. The van der Waals surface area contributed by atoms with Crippen molar-refractivity contribution in [1.82, 2.24) is 15.3 Å². The summed E-state index contributed by atoms with van der Waals surface area (Å²) in [5.74, 6) is 0.144. The first-order valence-corrected chi connectivity index (χ1v) is 11.2. The van der Waals surface area contributed by atoms with E-state index in [0.717, 1.165) is 29.8 Å². The molecule has 1 N–H and O–H groups in total. The maximum absolute atomic E-state index is 12.8. The summed E-state index contributed by atoms with van der Waals surface area (Å²) in [6, 6.07) is 13.7. The van der Waals surface area contributed by atoms with Gasteiger partial charge in [0.05, 0.1) is 5.56 Å². The molecule has 0 saturated carbocycles. The van der Waals surface area contributed by atoms with E-state index in [1.807, 2.05) is 49.5 Å². The van der Waals surface area contributed by atoms with Crippen molar-refractivity contribution < 1.29 is 17.9 Å². The van der Waals surface area contributed by atoms with Crippen LogP contribution in [0, 0.1) is 0 Å². The van der Waals surface area contributed by atoms with Crippen molar-refractivity contribution in [3.05, 3.63) is 101 Å². The molecule has 0 radical (unpaired) electrons. The third-order valence-corrected chi connectivity index (χ3v) is 5.89. The van der Waals surface area contributed by atoms with E-state index in [1.54, 1.807) is 20.0 Å². The Morgan fingerprint density at radius 2 is 1.79 bits per heavy atom. The molecule has 8 heteroatoms. The summed E-state index contributed by atoms with van der Waals surface area (Å²) in [5.41, 5.74) is 1.01. The van der Waals surface area contributed by atoms with Gasteiger partial charge in [0.15, 0.2) is 0 Å². The summed E-state index contributed by atoms with van der Waals surface area (Å²) in [6.45, 7) is 9.75. The predicted molar refractivity (Wildman–Crippen MR) is 128 cm³/mol. The number of hydrogen-bond acceptors (Lipinski definition) is 4. The van der Waals surface area contributed by atoms with Crippen molar-refractivity contribution in [2.45, 2.75) is 50.9 Å². The molecule has 0 aliphatic rings. The molecule has 0 spiro atoms. The van der Waals surface area contributed by atoms with E-state index in [9.17, 15) is 13.2 Å². The van der Waals surface area contributed by atoms with Crippen LogP contribution in [0.4, 0.5) is 13.2 Å². The van der Waals surface area contributed by atoms with Crippen LogP contribution in [0.15, 0.2) is 79.4 Å². The molecular weight excluding hydrogens is 463 g/mol. The second-order valence-corrected chi connectivity index (χ2v) is 9.07. The van der Waals surface area contributed by atoms with E-state index < -0.39 is 17.3 Å². The van der Waals surface area contributed by atoms with Gasteiger partial charge in [-0.3, -0.25) is 4.98 Å². The third kappa shape index (κ3) is 6.73. The minimum Gasteiger partial charge on any atom is -0.465 e. The Kier molecular flexibility index (Phi) is 7.87. The highest BCUT2D eigenvalue weighted by molar-refractivity contribution is 6.30. The zero-order valence-electron chi connectivity index (χ0n) is 19.2. The van der Waals surface area contributed by atoms with Crippen LogP contribution in [0.1, 0.15) is 43.4 Å². The van der Waals surface area contributed by atoms with E-state index in [-0.39, 0.29) is 17.8 Å². The van der Waals surface area contributed by atoms with Crippen molar-refractivity contribution in [2.24, 2.45) is 0 Å². The zero-order chi connectivity index (χ0) is 24.9. The van der Waals surface area contributed by atoms with Gasteiger partial charge in [-0.2, -0.15) is 13.2 Å². The average molecular weight is 490 g/mol. The fourth-order valence-corrected chi connectivity index (χ4v) is 3.66. The molecule has 34 heavy (non-hydrogen) atoms. The molecule has 0 bridgehead atoms. The largest absolute Gasteiger partial charge is 0.465 e. The maximum atomic E-state index is 12.8. The van der Waals surface area contributed by atoms with Gasteiger partial charge in [-0.15, -0.1) is 0 Å². The molecule has 4 nitrogen and oxygen atoms in total. The molecule has 1 aromatic carbocycles. The molecule has 0 amide bonds. The monoisotopic (exact) mass is 489 g/mol. The second kappa shape index (κ2) is 10.5. The number of ether oxygens (including phenoxy) is 1. The van der Waals surface area contributed by atoms with Crippen LogP contribution >= 0.6 is 11.6 Å². The summed E-state index contributed by atoms with van der Waals surface area (Å²) >= 11 is 6.04.